The van der Waals surface area contributed by atoms with Gasteiger partial charge in [-0.3, -0.25) is 5.73 Å². The van der Waals surface area contributed by atoms with Crippen LogP contribution in [0.4, 0.5) is 8.78 Å². The summed E-state index contributed by atoms with van der Waals surface area (Å²) in [6.07, 6.45) is 0. The van der Waals surface area contributed by atoms with Crippen molar-refractivity contribution in [3.05, 3.63) is 23.8 Å². The SMILES string of the molecule is COc1ccc(C(N)(F)F)c(OC)c1. The number of benzene rings is 1. The predicted molar refractivity (Wildman–Crippen MR) is 47.6 cm³/mol. The molecule has 0 aromatic heterocycles. The number of ether oxygens (including phenoxy) is 2. The van der Waals surface area contributed by atoms with Gasteiger partial charge in [0, 0.05) is 6.07 Å². The lowest BCUT2D eigenvalue weighted by molar-refractivity contribution is 0.000697. The van der Waals surface area contributed by atoms with Crippen molar-refractivity contribution in [3.8, 4) is 11.5 Å². The highest BCUT2D eigenvalue weighted by molar-refractivity contribution is 5.42. The first-order valence-electron chi connectivity index (χ1n) is 3.88. The van der Waals surface area contributed by atoms with Crippen molar-refractivity contribution in [2.75, 3.05) is 14.2 Å². The number of alkyl halides is 2. The van der Waals surface area contributed by atoms with Crippen LogP contribution in [0.1, 0.15) is 5.56 Å². The second-order valence-corrected chi connectivity index (χ2v) is 2.69. The molecule has 78 valence electrons. The van der Waals surface area contributed by atoms with Gasteiger partial charge in [0.2, 0.25) is 0 Å². The molecule has 0 saturated carbocycles. The van der Waals surface area contributed by atoms with Crippen LogP contribution in [0.15, 0.2) is 18.2 Å². The molecule has 0 bridgehead atoms. The van der Waals surface area contributed by atoms with Crippen molar-refractivity contribution in [3.63, 3.8) is 0 Å². The molecule has 1 rings (SSSR count). The van der Waals surface area contributed by atoms with E-state index in [-0.39, 0.29) is 11.3 Å². The molecule has 0 amide bonds. The minimum atomic E-state index is -3.41. The molecule has 5 heteroatoms. The minimum Gasteiger partial charge on any atom is -0.497 e. The summed E-state index contributed by atoms with van der Waals surface area (Å²) >= 11 is 0. The van der Waals surface area contributed by atoms with Crippen molar-refractivity contribution in [2.45, 2.75) is 6.05 Å². The third kappa shape index (κ3) is 2.11. The zero-order valence-electron chi connectivity index (χ0n) is 7.88. The smallest absolute Gasteiger partial charge is 0.330 e. The van der Waals surface area contributed by atoms with Crippen molar-refractivity contribution >= 4 is 0 Å². The number of hydrogen-bond donors (Lipinski definition) is 1. The van der Waals surface area contributed by atoms with Crippen LogP contribution in [0.5, 0.6) is 11.5 Å². The summed E-state index contributed by atoms with van der Waals surface area (Å²) in [7, 11) is 2.74. The zero-order valence-corrected chi connectivity index (χ0v) is 7.88. The Balaban J connectivity index is 3.18. The van der Waals surface area contributed by atoms with Crippen molar-refractivity contribution in [2.24, 2.45) is 5.73 Å². The summed E-state index contributed by atoms with van der Waals surface area (Å²) in [5, 5.41) is 0. The van der Waals surface area contributed by atoms with E-state index in [4.69, 9.17) is 9.47 Å². The van der Waals surface area contributed by atoms with E-state index < -0.39 is 6.05 Å². The predicted octanol–water partition coefficient (Wildman–Crippen LogP) is 1.71. The van der Waals surface area contributed by atoms with Crippen LogP contribution >= 0.6 is 0 Å². The Labute approximate surface area is 80.4 Å². The molecule has 0 aliphatic heterocycles. The molecule has 0 saturated heterocycles. The normalized spacial score (nSPS) is 11.2. The second-order valence-electron chi connectivity index (χ2n) is 2.69. The van der Waals surface area contributed by atoms with Gasteiger partial charge in [0.15, 0.2) is 0 Å². The Morgan fingerprint density at radius 2 is 1.86 bits per heavy atom. The van der Waals surface area contributed by atoms with Crippen LogP contribution in [-0.4, -0.2) is 14.2 Å². The number of methoxy groups -OCH3 is 2. The van der Waals surface area contributed by atoms with Gasteiger partial charge in [-0.15, -0.1) is 0 Å². The maximum absolute atomic E-state index is 12.8. The van der Waals surface area contributed by atoms with Crippen LogP contribution in [-0.2, 0) is 6.05 Å². The lowest BCUT2D eigenvalue weighted by Gasteiger charge is -2.15. The summed E-state index contributed by atoms with van der Waals surface area (Å²) in [5.41, 5.74) is 4.31. The molecule has 0 spiro atoms. The fourth-order valence-corrected chi connectivity index (χ4v) is 1.07. The van der Waals surface area contributed by atoms with E-state index in [0.717, 1.165) is 0 Å². The highest BCUT2D eigenvalue weighted by Gasteiger charge is 2.29. The molecular formula is C9H11F2NO2. The molecule has 2 N–H and O–H groups in total. The van der Waals surface area contributed by atoms with Crippen molar-refractivity contribution < 1.29 is 18.3 Å². The van der Waals surface area contributed by atoms with E-state index in [1.165, 1.54) is 32.4 Å². The van der Waals surface area contributed by atoms with Gasteiger partial charge in [-0.2, -0.15) is 8.78 Å². The highest BCUT2D eigenvalue weighted by Crippen LogP contribution is 2.33. The lowest BCUT2D eigenvalue weighted by Crippen LogP contribution is -2.25. The van der Waals surface area contributed by atoms with E-state index in [1.807, 2.05) is 0 Å². The summed E-state index contributed by atoms with van der Waals surface area (Å²) in [6.45, 7) is 0. The molecule has 1 aromatic rings. The molecule has 0 aliphatic carbocycles. The van der Waals surface area contributed by atoms with Crippen molar-refractivity contribution in [1.29, 1.82) is 0 Å². The third-order valence-corrected chi connectivity index (χ3v) is 1.77. The van der Waals surface area contributed by atoms with E-state index in [0.29, 0.717) is 5.75 Å². The van der Waals surface area contributed by atoms with Gasteiger partial charge in [-0.05, 0) is 12.1 Å². The molecule has 0 heterocycles. The quantitative estimate of drug-likeness (QED) is 0.760. The first kappa shape index (κ1) is 10.7. The van der Waals surface area contributed by atoms with E-state index >= 15 is 0 Å². The monoisotopic (exact) mass is 203 g/mol. The number of halogens is 2. The standard InChI is InChI=1S/C9H11F2NO2/c1-13-6-3-4-7(9(10,11)12)8(5-6)14-2/h3-5H,12H2,1-2H3. The molecular weight excluding hydrogens is 192 g/mol. The Hall–Kier alpha value is -1.36. The number of nitrogens with two attached hydrogens (primary N) is 1. The molecule has 3 nitrogen and oxygen atoms in total. The molecule has 0 aliphatic rings. The summed E-state index contributed by atoms with van der Waals surface area (Å²) in [5.74, 6) is 0.451. The molecule has 0 radical (unpaired) electrons. The maximum atomic E-state index is 12.8. The molecule has 0 unspecified atom stereocenters. The zero-order chi connectivity index (χ0) is 10.8. The molecule has 0 atom stereocenters. The van der Waals surface area contributed by atoms with Gasteiger partial charge in [0.25, 0.3) is 0 Å². The first-order chi connectivity index (χ1) is 6.49. The van der Waals surface area contributed by atoms with Crippen LogP contribution in [0.25, 0.3) is 0 Å². The minimum absolute atomic E-state index is 0.0110. The van der Waals surface area contributed by atoms with Gasteiger partial charge in [0.05, 0.1) is 19.8 Å². The number of rotatable bonds is 3. The maximum Gasteiger partial charge on any atom is 0.330 e. The molecule has 0 fully saturated rings. The molecule has 1 aromatic carbocycles. The lowest BCUT2D eigenvalue weighted by atomic mass is 10.1. The highest BCUT2D eigenvalue weighted by atomic mass is 19.3. The second kappa shape index (κ2) is 3.79. The van der Waals surface area contributed by atoms with Gasteiger partial charge >= 0.3 is 6.05 Å². The summed E-state index contributed by atoms with van der Waals surface area (Å²) in [4.78, 5) is 0. The number of hydrogen-bond acceptors (Lipinski definition) is 3. The van der Waals surface area contributed by atoms with Gasteiger partial charge < -0.3 is 9.47 Å². The average Bonchev–Trinajstić information content (AvgIpc) is 2.15. The fourth-order valence-electron chi connectivity index (χ4n) is 1.07. The van der Waals surface area contributed by atoms with Gasteiger partial charge in [-0.25, -0.2) is 0 Å². The third-order valence-electron chi connectivity index (χ3n) is 1.77. The Morgan fingerprint density at radius 1 is 1.21 bits per heavy atom. The Bertz CT molecular complexity index is 323. The average molecular weight is 203 g/mol. The topological polar surface area (TPSA) is 44.5 Å². The van der Waals surface area contributed by atoms with Crippen LogP contribution in [0.3, 0.4) is 0 Å². The van der Waals surface area contributed by atoms with Gasteiger partial charge in [0.1, 0.15) is 11.5 Å². The van der Waals surface area contributed by atoms with Gasteiger partial charge in [-0.1, -0.05) is 0 Å². The van der Waals surface area contributed by atoms with Crippen LogP contribution < -0.4 is 15.2 Å². The Morgan fingerprint density at radius 3 is 2.29 bits per heavy atom. The van der Waals surface area contributed by atoms with E-state index in [9.17, 15) is 8.78 Å². The van der Waals surface area contributed by atoms with Crippen LogP contribution in [0, 0.1) is 0 Å². The van der Waals surface area contributed by atoms with Crippen molar-refractivity contribution in [1.82, 2.24) is 0 Å². The molecule has 14 heavy (non-hydrogen) atoms. The fraction of sp³-hybridized carbons (Fsp3) is 0.333. The van der Waals surface area contributed by atoms with E-state index in [2.05, 4.69) is 5.73 Å². The Kier molecular flexibility index (Phi) is 2.90. The first-order valence-corrected chi connectivity index (χ1v) is 3.88. The summed E-state index contributed by atoms with van der Waals surface area (Å²) in [6, 6.07) is 0.532. The summed E-state index contributed by atoms with van der Waals surface area (Å²) < 4.78 is 35.2. The van der Waals surface area contributed by atoms with E-state index in [1.54, 1.807) is 0 Å². The largest absolute Gasteiger partial charge is 0.497 e. The van der Waals surface area contributed by atoms with Crippen LogP contribution in [0.2, 0.25) is 0 Å².